The number of carbonyl (C=O) groups is 1. The Balaban J connectivity index is 2.87. The van der Waals surface area contributed by atoms with Gasteiger partial charge < -0.3 is 4.74 Å². The molecule has 0 saturated heterocycles. The quantitative estimate of drug-likeness (QED) is 0.509. The molecule has 4 heteroatoms. The average molecular weight is 273 g/mol. The molecule has 1 aromatic rings. The van der Waals surface area contributed by atoms with Gasteiger partial charge in [0.1, 0.15) is 0 Å². The van der Waals surface area contributed by atoms with Gasteiger partial charge in [-0.05, 0) is 23.8 Å². The van der Waals surface area contributed by atoms with Crippen LogP contribution >= 0.6 is 28.6 Å². The van der Waals surface area contributed by atoms with Crippen molar-refractivity contribution < 1.29 is 9.53 Å². The van der Waals surface area contributed by atoms with Gasteiger partial charge in [0.25, 0.3) is 0 Å². The normalized spacial score (nSPS) is 10.5. The summed E-state index contributed by atoms with van der Waals surface area (Å²) in [4.78, 5) is 11.6. The molecule has 74 valence electrons. The summed E-state index contributed by atoms with van der Waals surface area (Å²) in [6.45, 7) is 0. The van der Waals surface area contributed by atoms with Crippen LogP contribution in [0.3, 0.4) is 0 Å². The first-order valence-corrected chi connectivity index (χ1v) is 5.12. The molecule has 0 aliphatic carbocycles. The van der Waals surface area contributed by atoms with Crippen molar-refractivity contribution in [2.75, 3.05) is 7.11 Å². The van der Waals surface area contributed by atoms with Crippen molar-refractivity contribution in [3.8, 4) is 0 Å². The second-order valence-corrected chi connectivity index (χ2v) is 3.96. The third-order valence-electron chi connectivity index (χ3n) is 1.59. The zero-order chi connectivity index (χ0) is 10.6. The molecule has 2 nitrogen and oxygen atoms in total. The Bertz CT molecular complexity index is 374. The molecule has 0 heterocycles. The Hall–Kier alpha value is -0.740. The molecule has 1 rings (SSSR count). The molecule has 0 saturated carbocycles. The van der Waals surface area contributed by atoms with Crippen LogP contribution in [0.5, 0.6) is 0 Å². The first-order valence-electron chi connectivity index (χ1n) is 3.88. The molecule has 0 unspecified atom stereocenters. The molecule has 0 bridgehead atoms. The second-order valence-electron chi connectivity index (χ2n) is 2.56. The van der Waals surface area contributed by atoms with Crippen molar-refractivity contribution in [2.24, 2.45) is 0 Å². The van der Waals surface area contributed by atoms with Gasteiger partial charge in [0.2, 0.25) is 0 Å². The third-order valence-corrected chi connectivity index (χ3v) is 2.47. The zero-order valence-electron chi connectivity index (χ0n) is 7.53. The molecule has 0 N–H and O–H groups in total. The number of hydrogen-bond donors (Lipinski definition) is 1. The number of ether oxygens (including phenoxy) is 1. The van der Waals surface area contributed by atoms with Crippen LogP contribution in [0.2, 0.25) is 0 Å². The van der Waals surface area contributed by atoms with Crippen molar-refractivity contribution in [2.45, 2.75) is 4.90 Å². The summed E-state index contributed by atoms with van der Waals surface area (Å²) in [5.74, 6) is -0.374. The Labute approximate surface area is 96.5 Å². The lowest BCUT2D eigenvalue weighted by molar-refractivity contribution is -0.134. The molecule has 0 spiro atoms. The van der Waals surface area contributed by atoms with Crippen LogP contribution in [0.1, 0.15) is 5.56 Å². The van der Waals surface area contributed by atoms with Gasteiger partial charge in [0.05, 0.1) is 7.11 Å². The number of hydrogen-bond acceptors (Lipinski definition) is 3. The predicted molar refractivity (Wildman–Crippen MR) is 62.4 cm³/mol. The number of halogens is 1. The fourth-order valence-corrected chi connectivity index (χ4v) is 1.71. The van der Waals surface area contributed by atoms with Gasteiger partial charge in [-0.3, -0.25) is 0 Å². The van der Waals surface area contributed by atoms with Crippen LogP contribution in [0, 0.1) is 0 Å². The minimum atomic E-state index is -0.374. The van der Waals surface area contributed by atoms with Gasteiger partial charge in [-0.1, -0.05) is 22.0 Å². The average Bonchev–Trinajstić information content (AvgIpc) is 2.16. The highest BCUT2D eigenvalue weighted by Gasteiger charge is 1.97. The van der Waals surface area contributed by atoms with Crippen molar-refractivity contribution in [3.63, 3.8) is 0 Å². The smallest absolute Gasteiger partial charge is 0.330 e. The lowest BCUT2D eigenvalue weighted by atomic mass is 10.2. The van der Waals surface area contributed by atoms with Gasteiger partial charge in [-0.25, -0.2) is 4.79 Å². The first-order chi connectivity index (χ1) is 6.63. The number of methoxy groups -OCH3 is 1. The standard InChI is InChI=1S/C10H9BrO2S/c1-13-10(12)5-3-7-2-4-8(11)6-9(7)14/h2-6,14H,1H3. The summed E-state index contributed by atoms with van der Waals surface area (Å²) in [5, 5.41) is 0. The predicted octanol–water partition coefficient (Wildman–Crippen LogP) is 2.92. The Morgan fingerprint density at radius 2 is 2.29 bits per heavy atom. The summed E-state index contributed by atoms with van der Waals surface area (Å²) in [5.41, 5.74) is 0.877. The van der Waals surface area contributed by atoms with Crippen molar-refractivity contribution in [1.29, 1.82) is 0 Å². The van der Waals surface area contributed by atoms with Crippen LogP contribution in [0.25, 0.3) is 6.08 Å². The Morgan fingerprint density at radius 1 is 1.57 bits per heavy atom. The van der Waals surface area contributed by atoms with E-state index in [0.29, 0.717) is 0 Å². The molecular weight excluding hydrogens is 264 g/mol. The maximum absolute atomic E-state index is 10.8. The fraction of sp³-hybridized carbons (Fsp3) is 0.100. The SMILES string of the molecule is COC(=O)C=Cc1ccc(Br)cc1S. The number of rotatable bonds is 2. The summed E-state index contributed by atoms with van der Waals surface area (Å²) in [6.07, 6.45) is 3.03. The van der Waals surface area contributed by atoms with Crippen molar-refractivity contribution >= 4 is 40.6 Å². The maximum atomic E-state index is 10.8. The summed E-state index contributed by atoms with van der Waals surface area (Å²) >= 11 is 7.59. The van der Waals surface area contributed by atoms with Gasteiger partial charge >= 0.3 is 5.97 Å². The largest absolute Gasteiger partial charge is 0.466 e. The van der Waals surface area contributed by atoms with Crippen LogP contribution in [0.15, 0.2) is 33.6 Å². The van der Waals surface area contributed by atoms with E-state index in [0.717, 1.165) is 14.9 Å². The van der Waals surface area contributed by atoms with Gasteiger partial charge in [-0.2, -0.15) is 0 Å². The van der Waals surface area contributed by atoms with E-state index in [1.807, 2.05) is 18.2 Å². The molecule has 0 amide bonds. The molecule has 0 aliphatic heterocycles. The summed E-state index contributed by atoms with van der Waals surface area (Å²) in [7, 11) is 1.34. The number of carbonyl (C=O) groups excluding carboxylic acids is 1. The zero-order valence-corrected chi connectivity index (χ0v) is 10.0. The highest BCUT2D eigenvalue weighted by Crippen LogP contribution is 2.20. The summed E-state index contributed by atoms with van der Waals surface area (Å²) in [6, 6.07) is 5.61. The van der Waals surface area contributed by atoms with Gasteiger partial charge in [0, 0.05) is 15.4 Å². The molecule has 0 aliphatic rings. The monoisotopic (exact) mass is 272 g/mol. The molecule has 0 radical (unpaired) electrons. The van der Waals surface area contributed by atoms with Crippen molar-refractivity contribution in [3.05, 3.63) is 34.3 Å². The maximum Gasteiger partial charge on any atom is 0.330 e. The highest BCUT2D eigenvalue weighted by atomic mass is 79.9. The second kappa shape index (κ2) is 5.22. The van der Waals surface area contributed by atoms with Gasteiger partial charge in [-0.15, -0.1) is 12.6 Å². The number of esters is 1. The molecular formula is C10H9BrO2S. The van der Waals surface area contributed by atoms with E-state index in [1.54, 1.807) is 6.08 Å². The van der Waals surface area contributed by atoms with Gasteiger partial charge in [0.15, 0.2) is 0 Å². The van der Waals surface area contributed by atoms with E-state index in [1.165, 1.54) is 13.2 Å². The lowest BCUT2D eigenvalue weighted by Gasteiger charge is -1.99. The topological polar surface area (TPSA) is 26.3 Å². The van der Waals surface area contributed by atoms with E-state index < -0.39 is 0 Å². The highest BCUT2D eigenvalue weighted by molar-refractivity contribution is 9.10. The molecule has 14 heavy (non-hydrogen) atoms. The third kappa shape index (κ3) is 3.20. The molecule has 0 aromatic heterocycles. The van der Waals surface area contributed by atoms with Crippen LogP contribution < -0.4 is 0 Å². The fourth-order valence-electron chi connectivity index (χ4n) is 0.884. The minimum Gasteiger partial charge on any atom is -0.466 e. The first kappa shape index (κ1) is 11.3. The summed E-state index contributed by atoms with van der Waals surface area (Å²) < 4.78 is 5.43. The molecule has 1 aromatic carbocycles. The lowest BCUT2D eigenvalue weighted by Crippen LogP contribution is -1.93. The van der Waals surface area contributed by atoms with Crippen LogP contribution in [-0.4, -0.2) is 13.1 Å². The number of benzene rings is 1. The van der Waals surface area contributed by atoms with E-state index in [9.17, 15) is 4.79 Å². The Kier molecular flexibility index (Phi) is 4.22. The van der Waals surface area contributed by atoms with Crippen LogP contribution in [0.4, 0.5) is 0 Å². The Morgan fingerprint density at radius 3 is 2.86 bits per heavy atom. The molecule has 0 fully saturated rings. The van der Waals surface area contributed by atoms with Crippen LogP contribution in [-0.2, 0) is 9.53 Å². The van der Waals surface area contributed by atoms with E-state index in [4.69, 9.17) is 0 Å². The van der Waals surface area contributed by atoms with E-state index in [-0.39, 0.29) is 5.97 Å². The van der Waals surface area contributed by atoms with E-state index in [2.05, 4.69) is 33.3 Å². The van der Waals surface area contributed by atoms with E-state index >= 15 is 0 Å². The molecule has 0 atom stereocenters. The van der Waals surface area contributed by atoms with Crippen molar-refractivity contribution in [1.82, 2.24) is 0 Å². The minimum absolute atomic E-state index is 0.374. The number of thiol groups is 1.